The van der Waals surface area contributed by atoms with Crippen molar-refractivity contribution >= 4 is 17.8 Å². The number of benzene rings is 1. The number of hydrogen-bond donors (Lipinski definition) is 3. The molecule has 1 aromatic rings. The van der Waals surface area contributed by atoms with Gasteiger partial charge in [0.1, 0.15) is 17.9 Å². The minimum absolute atomic E-state index is 0.354. The predicted molar refractivity (Wildman–Crippen MR) is 92.6 cm³/mol. The smallest absolute Gasteiger partial charge is 0.325 e. The minimum Gasteiger partial charge on any atom is -0.351 e. The monoisotopic (exact) mass is 360 g/mol. The molecule has 2 aliphatic rings. The van der Waals surface area contributed by atoms with Gasteiger partial charge in [-0.05, 0) is 37.6 Å². The van der Waals surface area contributed by atoms with Crippen molar-refractivity contribution in [1.29, 1.82) is 0 Å². The van der Waals surface area contributed by atoms with E-state index in [0.29, 0.717) is 12.1 Å². The number of nitrogens with zero attached hydrogens (tertiary/aromatic N) is 1. The molecule has 138 valence electrons. The normalized spacial score (nSPS) is 22.8. The summed E-state index contributed by atoms with van der Waals surface area (Å²) in [6, 6.07) is 4.70. The Kier molecular flexibility index (Phi) is 5.03. The average Bonchev–Trinajstić information content (AvgIpc) is 2.85. The molecule has 0 aromatic heterocycles. The van der Waals surface area contributed by atoms with Gasteiger partial charge in [0.2, 0.25) is 5.91 Å². The molecule has 0 radical (unpaired) electrons. The van der Waals surface area contributed by atoms with Gasteiger partial charge in [-0.2, -0.15) is 0 Å². The highest BCUT2D eigenvalue weighted by molar-refractivity contribution is 6.09. The molecule has 0 bridgehead atoms. The van der Waals surface area contributed by atoms with Crippen LogP contribution in [0.25, 0.3) is 0 Å². The maximum Gasteiger partial charge on any atom is 0.325 e. The van der Waals surface area contributed by atoms with Gasteiger partial charge in [-0.15, -0.1) is 0 Å². The Labute approximate surface area is 150 Å². The molecule has 0 saturated carbocycles. The first-order valence-electron chi connectivity index (χ1n) is 8.45. The first kappa shape index (κ1) is 18.1. The molecule has 1 unspecified atom stereocenters. The van der Waals surface area contributed by atoms with Crippen LogP contribution in [-0.2, 0) is 15.1 Å². The number of hydrogen-bond acceptors (Lipinski definition) is 4. The van der Waals surface area contributed by atoms with E-state index in [0.717, 1.165) is 30.0 Å². The van der Waals surface area contributed by atoms with E-state index < -0.39 is 29.2 Å². The van der Waals surface area contributed by atoms with Crippen molar-refractivity contribution in [1.82, 2.24) is 20.9 Å². The van der Waals surface area contributed by atoms with Crippen molar-refractivity contribution in [2.45, 2.75) is 18.9 Å². The summed E-state index contributed by atoms with van der Waals surface area (Å²) in [5.41, 5.74) is 0.258. The average molecular weight is 360 g/mol. The van der Waals surface area contributed by atoms with E-state index in [-0.39, 0.29) is 6.54 Å². The highest BCUT2D eigenvalue weighted by Gasteiger charge is 2.49. The predicted octanol–water partition coefficient (Wildman–Crippen LogP) is 0.629. The standard InChI is InChI=1S/C18H21FN4O3/c1-18(13-2-4-14(19)5-3-13)16(25)23(17(26)22-18)11-15(24)21-10-12-6-8-20-9-7-12/h2-6,20H,7-11H2,1H3,(H,21,24)(H,22,26). The van der Waals surface area contributed by atoms with E-state index in [4.69, 9.17) is 0 Å². The molecule has 0 spiro atoms. The SMILES string of the molecule is CC1(c2ccc(F)cc2)NC(=O)N(CC(=O)NCC2=CCNCC2)C1=O. The van der Waals surface area contributed by atoms with Crippen LogP contribution in [-0.4, -0.2) is 48.9 Å². The molecule has 2 aliphatic heterocycles. The molecule has 3 rings (SSSR count). The largest absolute Gasteiger partial charge is 0.351 e. The summed E-state index contributed by atoms with van der Waals surface area (Å²) in [7, 11) is 0. The van der Waals surface area contributed by atoms with Gasteiger partial charge in [-0.25, -0.2) is 9.18 Å². The lowest BCUT2D eigenvalue weighted by atomic mass is 9.92. The number of carbonyl (C=O) groups is 3. The summed E-state index contributed by atoms with van der Waals surface area (Å²) in [5.74, 6) is -1.38. The van der Waals surface area contributed by atoms with Gasteiger partial charge in [0, 0.05) is 13.1 Å². The Morgan fingerprint density at radius 1 is 1.31 bits per heavy atom. The zero-order valence-corrected chi connectivity index (χ0v) is 14.5. The molecule has 1 aromatic carbocycles. The molecule has 3 N–H and O–H groups in total. The molecule has 0 aliphatic carbocycles. The molecule has 1 saturated heterocycles. The van der Waals surface area contributed by atoms with E-state index in [9.17, 15) is 18.8 Å². The summed E-state index contributed by atoms with van der Waals surface area (Å²) in [4.78, 5) is 37.9. The Bertz CT molecular complexity index is 762. The van der Waals surface area contributed by atoms with E-state index >= 15 is 0 Å². The summed E-state index contributed by atoms with van der Waals surface area (Å²) >= 11 is 0. The van der Waals surface area contributed by atoms with Crippen LogP contribution in [0.4, 0.5) is 9.18 Å². The number of nitrogens with one attached hydrogen (secondary N) is 3. The zero-order chi connectivity index (χ0) is 18.7. The van der Waals surface area contributed by atoms with Crippen LogP contribution >= 0.6 is 0 Å². The van der Waals surface area contributed by atoms with Crippen molar-refractivity contribution in [3.05, 3.63) is 47.3 Å². The van der Waals surface area contributed by atoms with Gasteiger partial charge in [0.15, 0.2) is 0 Å². The molecule has 8 heteroatoms. The fourth-order valence-corrected chi connectivity index (χ4v) is 3.06. The second kappa shape index (κ2) is 7.25. The summed E-state index contributed by atoms with van der Waals surface area (Å²) < 4.78 is 13.1. The number of imide groups is 1. The maximum atomic E-state index is 13.1. The second-order valence-corrected chi connectivity index (χ2v) is 6.55. The van der Waals surface area contributed by atoms with Gasteiger partial charge < -0.3 is 16.0 Å². The number of halogens is 1. The fraction of sp³-hybridized carbons (Fsp3) is 0.389. The lowest BCUT2D eigenvalue weighted by Gasteiger charge is -2.22. The molecular formula is C18H21FN4O3. The first-order valence-corrected chi connectivity index (χ1v) is 8.45. The molecular weight excluding hydrogens is 339 g/mol. The van der Waals surface area contributed by atoms with Gasteiger partial charge in [-0.3, -0.25) is 14.5 Å². The quantitative estimate of drug-likeness (QED) is 0.531. The minimum atomic E-state index is -1.32. The van der Waals surface area contributed by atoms with Crippen molar-refractivity contribution < 1.29 is 18.8 Å². The van der Waals surface area contributed by atoms with Crippen molar-refractivity contribution in [3.63, 3.8) is 0 Å². The van der Waals surface area contributed by atoms with Crippen molar-refractivity contribution in [3.8, 4) is 0 Å². The Morgan fingerprint density at radius 2 is 2.04 bits per heavy atom. The zero-order valence-electron chi connectivity index (χ0n) is 14.5. The van der Waals surface area contributed by atoms with E-state index in [2.05, 4.69) is 16.0 Å². The summed E-state index contributed by atoms with van der Waals surface area (Å²) in [5, 5.41) is 8.51. The lowest BCUT2D eigenvalue weighted by molar-refractivity contribution is -0.134. The Hall–Kier alpha value is -2.74. The van der Waals surface area contributed by atoms with Gasteiger partial charge >= 0.3 is 6.03 Å². The maximum absolute atomic E-state index is 13.1. The van der Waals surface area contributed by atoms with E-state index in [1.165, 1.54) is 31.2 Å². The molecule has 1 atom stereocenters. The van der Waals surface area contributed by atoms with E-state index in [1.54, 1.807) is 0 Å². The van der Waals surface area contributed by atoms with Crippen LogP contribution in [0.1, 0.15) is 18.9 Å². The highest BCUT2D eigenvalue weighted by Crippen LogP contribution is 2.28. The van der Waals surface area contributed by atoms with Crippen LogP contribution in [0.5, 0.6) is 0 Å². The molecule has 2 heterocycles. The Balaban J connectivity index is 1.64. The van der Waals surface area contributed by atoms with Crippen LogP contribution in [0.3, 0.4) is 0 Å². The highest BCUT2D eigenvalue weighted by atomic mass is 19.1. The van der Waals surface area contributed by atoms with Crippen molar-refractivity contribution in [2.24, 2.45) is 0 Å². The van der Waals surface area contributed by atoms with E-state index in [1.807, 2.05) is 6.08 Å². The van der Waals surface area contributed by atoms with Crippen molar-refractivity contribution in [2.75, 3.05) is 26.2 Å². The second-order valence-electron chi connectivity index (χ2n) is 6.55. The number of rotatable bonds is 5. The lowest BCUT2D eigenvalue weighted by Crippen LogP contribution is -2.43. The summed E-state index contributed by atoms with van der Waals surface area (Å²) in [6.07, 6.45) is 2.87. The Morgan fingerprint density at radius 3 is 2.69 bits per heavy atom. The van der Waals surface area contributed by atoms with Gasteiger partial charge in [-0.1, -0.05) is 23.8 Å². The van der Waals surface area contributed by atoms with Gasteiger partial charge in [0.25, 0.3) is 5.91 Å². The van der Waals surface area contributed by atoms with Crippen LogP contribution in [0.15, 0.2) is 35.9 Å². The molecule has 26 heavy (non-hydrogen) atoms. The van der Waals surface area contributed by atoms with Gasteiger partial charge in [0.05, 0.1) is 0 Å². The third-order valence-electron chi connectivity index (χ3n) is 4.67. The fourth-order valence-electron chi connectivity index (χ4n) is 3.06. The van der Waals surface area contributed by atoms with Crippen LogP contribution < -0.4 is 16.0 Å². The number of urea groups is 1. The third-order valence-corrected chi connectivity index (χ3v) is 4.67. The molecule has 1 fully saturated rings. The number of carbonyl (C=O) groups excluding carboxylic acids is 3. The van der Waals surface area contributed by atoms with Crippen LogP contribution in [0.2, 0.25) is 0 Å². The molecule has 7 nitrogen and oxygen atoms in total. The third kappa shape index (κ3) is 3.60. The summed E-state index contributed by atoms with van der Waals surface area (Å²) in [6.45, 7) is 3.23. The number of amides is 4. The topological polar surface area (TPSA) is 90.5 Å². The van der Waals surface area contributed by atoms with Crippen LogP contribution in [0, 0.1) is 5.82 Å². The molecule has 4 amide bonds. The first-order chi connectivity index (χ1) is 12.4.